The van der Waals surface area contributed by atoms with Gasteiger partial charge in [-0.1, -0.05) is 15.9 Å². The number of alkyl halides is 1. The number of rotatable bonds is 4. The van der Waals surface area contributed by atoms with Crippen LogP contribution in [0.1, 0.15) is 23.7 Å². The average molecular weight is 405 g/mol. The molecule has 0 bridgehead atoms. The summed E-state index contributed by atoms with van der Waals surface area (Å²) in [4.78, 5) is 25.4. The number of halogens is 2. The van der Waals surface area contributed by atoms with Crippen LogP contribution in [0.5, 0.6) is 0 Å². The van der Waals surface area contributed by atoms with Gasteiger partial charge in [-0.15, -0.1) is 0 Å². The Labute approximate surface area is 134 Å². The van der Waals surface area contributed by atoms with Gasteiger partial charge in [0.15, 0.2) is 0 Å². The van der Waals surface area contributed by atoms with E-state index >= 15 is 0 Å². The number of nitrogens with zero attached hydrogens (tertiary/aromatic N) is 1. The highest BCUT2D eigenvalue weighted by Gasteiger charge is 2.31. The fourth-order valence-corrected chi connectivity index (χ4v) is 3.21. The summed E-state index contributed by atoms with van der Waals surface area (Å²) >= 11 is 6.85. The zero-order valence-corrected chi connectivity index (χ0v) is 14.2. The number of ether oxygens (including phenoxy) is 1. The highest BCUT2D eigenvalue weighted by Crippen LogP contribution is 2.32. The second kappa shape index (κ2) is 6.72. The van der Waals surface area contributed by atoms with E-state index in [0.29, 0.717) is 31.1 Å². The summed E-state index contributed by atoms with van der Waals surface area (Å²) in [6.45, 7) is 2.81. The quantitative estimate of drug-likeness (QED) is 0.570. The number of benzene rings is 1. The third-order valence-electron chi connectivity index (χ3n) is 3.17. The minimum atomic E-state index is -0.356. The summed E-state index contributed by atoms with van der Waals surface area (Å²) in [7, 11) is 0. The van der Waals surface area contributed by atoms with Crippen LogP contribution in [-0.2, 0) is 9.53 Å². The summed E-state index contributed by atoms with van der Waals surface area (Å²) in [5.74, 6) is 0.0870. The predicted molar refractivity (Wildman–Crippen MR) is 84.4 cm³/mol. The van der Waals surface area contributed by atoms with E-state index in [4.69, 9.17) is 4.74 Å². The summed E-state index contributed by atoms with van der Waals surface area (Å²) in [6, 6.07) is 5.17. The van der Waals surface area contributed by atoms with Crippen molar-refractivity contribution in [1.29, 1.82) is 0 Å². The molecule has 0 aliphatic carbocycles. The van der Waals surface area contributed by atoms with Crippen molar-refractivity contribution >= 4 is 49.4 Å². The summed E-state index contributed by atoms with van der Waals surface area (Å²) in [5, 5.41) is 0.813. The minimum Gasteiger partial charge on any atom is -0.462 e. The third kappa shape index (κ3) is 3.23. The molecule has 1 fully saturated rings. The Morgan fingerprint density at radius 2 is 2.25 bits per heavy atom. The molecule has 2 rings (SSSR count). The molecule has 0 saturated carbocycles. The smallest absolute Gasteiger partial charge is 0.338 e. The predicted octanol–water partition coefficient (Wildman–Crippen LogP) is 3.37. The molecule has 0 spiro atoms. The van der Waals surface area contributed by atoms with Crippen LogP contribution >= 0.6 is 31.9 Å². The van der Waals surface area contributed by atoms with Crippen LogP contribution in [0, 0.1) is 5.92 Å². The topological polar surface area (TPSA) is 46.6 Å². The lowest BCUT2D eigenvalue weighted by Crippen LogP contribution is -2.25. The highest BCUT2D eigenvalue weighted by atomic mass is 79.9. The lowest BCUT2D eigenvalue weighted by molar-refractivity contribution is -0.117. The molecule has 1 aromatic rings. The van der Waals surface area contributed by atoms with Gasteiger partial charge in [-0.05, 0) is 47.0 Å². The van der Waals surface area contributed by atoms with Gasteiger partial charge in [0.1, 0.15) is 0 Å². The molecule has 1 aromatic carbocycles. The molecule has 4 nitrogen and oxygen atoms in total. The number of hydrogen-bond donors (Lipinski definition) is 0. The van der Waals surface area contributed by atoms with E-state index in [0.717, 1.165) is 15.5 Å². The average Bonchev–Trinajstić information content (AvgIpc) is 2.80. The molecule has 6 heteroatoms. The Morgan fingerprint density at radius 1 is 1.50 bits per heavy atom. The first-order chi connectivity index (χ1) is 9.56. The molecule has 1 aliphatic heterocycles. The maximum absolute atomic E-state index is 12.0. The van der Waals surface area contributed by atoms with Crippen LogP contribution in [-0.4, -0.2) is 30.4 Å². The van der Waals surface area contributed by atoms with Gasteiger partial charge in [-0.3, -0.25) is 4.79 Å². The fourth-order valence-electron chi connectivity index (χ4n) is 2.18. The normalized spacial score (nSPS) is 18.4. The lowest BCUT2D eigenvalue weighted by Gasteiger charge is -2.18. The summed E-state index contributed by atoms with van der Waals surface area (Å²) < 4.78 is 5.69. The Bertz CT molecular complexity index is 533. The van der Waals surface area contributed by atoms with Crippen molar-refractivity contribution in [3.05, 3.63) is 28.2 Å². The Balaban J connectivity index is 2.22. The van der Waals surface area contributed by atoms with Crippen LogP contribution in [0.3, 0.4) is 0 Å². The van der Waals surface area contributed by atoms with Gasteiger partial charge < -0.3 is 9.64 Å². The summed E-state index contributed by atoms with van der Waals surface area (Å²) in [6.07, 6.45) is 0.553. The third-order valence-corrected chi connectivity index (χ3v) is 4.72. The number of hydrogen-bond acceptors (Lipinski definition) is 3. The van der Waals surface area contributed by atoms with Crippen LogP contribution in [0.4, 0.5) is 5.69 Å². The Kier molecular flexibility index (Phi) is 5.21. The highest BCUT2D eigenvalue weighted by molar-refractivity contribution is 9.10. The molecule has 0 radical (unpaired) electrons. The largest absolute Gasteiger partial charge is 0.462 e. The summed E-state index contributed by atoms with van der Waals surface area (Å²) in [5.41, 5.74) is 1.28. The second-order valence-electron chi connectivity index (χ2n) is 4.62. The van der Waals surface area contributed by atoms with Crippen molar-refractivity contribution in [1.82, 2.24) is 0 Å². The van der Waals surface area contributed by atoms with E-state index in [1.54, 1.807) is 30.0 Å². The molecule has 0 aromatic heterocycles. The number of carbonyl (C=O) groups excluding carboxylic acids is 2. The number of amides is 1. The molecule has 1 atom stereocenters. The van der Waals surface area contributed by atoms with E-state index < -0.39 is 0 Å². The Hall–Kier alpha value is -0.880. The molecule has 20 heavy (non-hydrogen) atoms. The van der Waals surface area contributed by atoms with E-state index in [1.807, 2.05) is 0 Å². The molecular formula is C14H15Br2NO3. The first kappa shape index (κ1) is 15.5. The standard InChI is InChI=1S/C14H15Br2NO3/c1-2-20-14(19)10-3-4-12(11(16)6-10)17-8-9(7-15)5-13(17)18/h3-4,6,9H,2,5,7-8H2,1H3. The van der Waals surface area contributed by atoms with E-state index in [1.165, 1.54) is 0 Å². The molecule has 1 saturated heterocycles. The van der Waals surface area contributed by atoms with Crippen molar-refractivity contribution < 1.29 is 14.3 Å². The van der Waals surface area contributed by atoms with Gasteiger partial charge >= 0.3 is 5.97 Å². The van der Waals surface area contributed by atoms with Gasteiger partial charge in [0.2, 0.25) is 5.91 Å². The van der Waals surface area contributed by atoms with Gasteiger partial charge in [-0.25, -0.2) is 4.79 Å². The number of carbonyl (C=O) groups is 2. The van der Waals surface area contributed by atoms with E-state index in [9.17, 15) is 9.59 Å². The Morgan fingerprint density at radius 3 is 2.80 bits per heavy atom. The van der Waals surface area contributed by atoms with Crippen molar-refractivity contribution in [3.8, 4) is 0 Å². The van der Waals surface area contributed by atoms with Crippen molar-refractivity contribution in [2.75, 3.05) is 23.4 Å². The maximum Gasteiger partial charge on any atom is 0.338 e. The molecule has 0 N–H and O–H groups in total. The van der Waals surface area contributed by atoms with Crippen LogP contribution < -0.4 is 4.90 Å². The molecule has 108 valence electrons. The van der Waals surface area contributed by atoms with Gasteiger partial charge in [0, 0.05) is 22.8 Å². The lowest BCUT2D eigenvalue weighted by atomic mass is 10.1. The molecule has 1 heterocycles. The first-order valence-electron chi connectivity index (χ1n) is 6.39. The monoisotopic (exact) mass is 403 g/mol. The van der Waals surface area contributed by atoms with E-state index in [2.05, 4.69) is 31.9 Å². The number of esters is 1. The number of anilines is 1. The SMILES string of the molecule is CCOC(=O)c1ccc(N2CC(CBr)CC2=O)c(Br)c1. The zero-order chi connectivity index (χ0) is 14.7. The van der Waals surface area contributed by atoms with Crippen LogP contribution in [0.25, 0.3) is 0 Å². The minimum absolute atomic E-state index is 0.110. The van der Waals surface area contributed by atoms with E-state index in [-0.39, 0.29) is 11.9 Å². The van der Waals surface area contributed by atoms with Gasteiger partial charge in [0.05, 0.1) is 17.9 Å². The first-order valence-corrected chi connectivity index (χ1v) is 8.31. The maximum atomic E-state index is 12.0. The molecule has 1 unspecified atom stereocenters. The molecule has 1 aliphatic rings. The van der Waals surface area contributed by atoms with Gasteiger partial charge in [0.25, 0.3) is 0 Å². The zero-order valence-electron chi connectivity index (χ0n) is 11.1. The fraction of sp³-hybridized carbons (Fsp3) is 0.429. The molecule has 1 amide bonds. The van der Waals surface area contributed by atoms with Crippen LogP contribution in [0.15, 0.2) is 22.7 Å². The van der Waals surface area contributed by atoms with Gasteiger partial charge in [-0.2, -0.15) is 0 Å². The van der Waals surface area contributed by atoms with Crippen LogP contribution in [0.2, 0.25) is 0 Å². The van der Waals surface area contributed by atoms with Crippen molar-refractivity contribution in [2.45, 2.75) is 13.3 Å². The van der Waals surface area contributed by atoms with Crippen molar-refractivity contribution in [3.63, 3.8) is 0 Å². The second-order valence-corrected chi connectivity index (χ2v) is 6.12. The van der Waals surface area contributed by atoms with Crippen molar-refractivity contribution in [2.24, 2.45) is 5.92 Å². The molecular weight excluding hydrogens is 390 g/mol.